The normalized spacial score (nSPS) is 11.5. The van der Waals surface area contributed by atoms with Crippen molar-refractivity contribution in [3.63, 3.8) is 0 Å². The summed E-state index contributed by atoms with van der Waals surface area (Å²) in [6.45, 7) is 3.66. The van der Waals surface area contributed by atoms with Gasteiger partial charge in [0.2, 0.25) is 15.9 Å². The van der Waals surface area contributed by atoms with Gasteiger partial charge < -0.3 is 15.4 Å². The molecule has 0 radical (unpaired) electrons. The Hall–Kier alpha value is -2.58. The first-order valence-electron chi connectivity index (χ1n) is 8.50. The van der Waals surface area contributed by atoms with E-state index in [9.17, 15) is 13.2 Å². The van der Waals surface area contributed by atoms with E-state index in [0.29, 0.717) is 17.1 Å². The highest BCUT2D eigenvalue weighted by Gasteiger charge is 2.22. The summed E-state index contributed by atoms with van der Waals surface area (Å²) in [7, 11) is -0.440. The number of sulfonamides is 1. The van der Waals surface area contributed by atoms with Gasteiger partial charge in [0, 0.05) is 18.8 Å². The Morgan fingerprint density at radius 1 is 1.11 bits per heavy atom. The van der Waals surface area contributed by atoms with Crippen LogP contribution in [0.5, 0.6) is 5.75 Å². The van der Waals surface area contributed by atoms with Crippen molar-refractivity contribution >= 4 is 27.3 Å². The highest BCUT2D eigenvalue weighted by molar-refractivity contribution is 7.89. The van der Waals surface area contributed by atoms with Crippen LogP contribution in [0.15, 0.2) is 53.4 Å². The maximum Gasteiger partial charge on any atom is 0.243 e. The quantitative estimate of drug-likeness (QED) is 0.722. The molecule has 0 bridgehead atoms. The molecule has 2 aromatic rings. The predicted molar refractivity (Wildman–Crippen MR) is 107 cm³/mol. The molecule has 146 valence electrons. The second-order valence-corrected chi connectivity index (χ2v) is 8.24. The van der Waals surface area contributed by atoms with Gasteiger partial charge in [0.05, 0.1) is 24.2 Å². The summed E-state index contributed by atoms with van der Waals surface area (Å²) in [4.78, 5) is 12.3. The van der Waals surface area contributed by atoms with Crippen LogP contribution in [0.2, 0.25) is 0 Å². The number of nitrogens with zero attached hydrogens (tertiary/aromatic N) is 1. The molecule has 0 aromatic heterocycles. The Kier molecular flexibility index (Phi) is 6.81. The van der Waals surface area contributed by atoms with E-state index >= 15 is 0 Å². The largest absolute Gasteiger partial charge is 0.495 e. The van der Waals surface area contributed by atoms with Gasteiger partial charge in [-0.2, -0.15) is 4.31 Å². The average Bonchev–Trinajstić information content (AvgIpc) is 2.66. The zero-order chi connectivity index (χ0) is 20.0. The SMILES string of the molecule is COc1ccccc1NCC(=O)Nc1ccc(S(=O)(=O)N(C)C(C)C)cc1. The van der Waals surface area contributed by atoms with Gasteiger partial charge in [-0.1, -0.05) is 12.1 Å². The van der Waals surface area contributed by atoms with E-state index in [2.05, 4.69) is 10.6 Å². The smallest absolute Gasteiger partial charge is 0.243 e. The van der Waals surface area contributed by atoms with E-state index < -0.39 is 10.0 Å². The van der Waals surface area contributed by atoms with E-state index in [-0.39, 0.29) is 23.4 Å². The van der Waals surface area contributed by atoms with E-state index in [1.807, 2.05) is 18.2 Å². The van der Waals surface area contributed by atoms with Gasteiger partial charge in [-0.3, -0.25) is 4.79 Å². The van der Waals surface area contributed by atoms with Crippen LogP contribution in [-0.4, -0.2) is 45.4 Å². The fourth-order valence-corrected chi connectivity index (χ4v) is 3.69. The molecule has 0 saturated carbocycles. The molecule has 0 aliphatic carbocycles. The van der Waals surface area contributed by atoms with Crippen molar-refractivity contribution in [3.05, 3.63) is 48.5 Å². The van der Waals surface area contributed by atoms with Gasteiger partial charge in [0.1, 0.15) is 5.75 Å². The average molecular weight is 391 g/mol. The second-order valence-electron chi connectivity index (χ2n) is 6.24. The van der Waals surface area contributed by atoms with Crippen LogP contribution < -0.4 is 15.4 Å². The first-order valence-corrected chi connectivity index (χ1v) is 9.94. The standard InChI is InChI=1S/C19H25N3O4S/c1-14(2)22(3)27(24,25)16-11-9-15(10-12-16)21-19(23)13-20-17-7-5-6-8-18(17)26-4/h5-12,14,20H,13H2,1-4H3,(H,21,23). The molecule has 0 saturated heterocycles. The minimum atomic E-state index is -3.54. The van der Waals surface area contributed by atoms with Gasteiger partial charge >= 0.3 is 0 Å². The zero-order valence-electron chi connectivity index (χ0n) is 15.9. The molecule has 8 heteroatoms. The molecule has 0 heterocycles. The molecule has 0 atom stereocenters. The fraction of sp³-hybridized carbons (Fsp3) is 0.316. The Bertz CT molecular complexity index is 880. The lowest BCUT2D eigenvalue weighted by atomic mass is 10.3. The fourth-order valence-electron chi connectivity index (χ4n) is 2.33. The van der Waals surface area contributed by atoms with Crippen LogP contribution in [0.1, 0.15) is 13.8 Å². The number of hydrogen-bond donors (Lipinski definition) is 2. The third-order valence-corrected chi connectivity index (χ3v) is 6.14. The minimum Gasteiger partial charge on any atom is -0.495 e. The van der Waals surface area contributed by atoms with Gasteiger partial charge in [-0.15, -0.1) is 0 Å². The summed E-state index contributed by atoms with van der Waals surface area (Å²) in [5.41, 5.74) is 1.24. The maximum atomic E-state index is 12.4. The van der Waals surface area contributed by atoms with Gasteiger partial charge in [0.15, 0.2) is 0 Å². The van der Waals surface area contributed by atoms with E-state index in [1.165, 1.54) is 16.4 Å². The Labute approximate surface area is 160 Å². The summed E-state index contributed by atoms with van der Waals surface area (Å²) in [5.74, 6) is 0.393. The summed E-state index contributed by atoms with van der Waals surface area (Å²) in [6, 6.07) is 13.3. The summed E-state index contributed by atoms with van der Waals surface area (Å²) < 4.78 is 31.4. The number of carbonyl (C=O) groups is 1. The molecule has 1 amide bonds. The summed E-state index contributed by atoms with van der Waals surface area (Å²) in [5, 5.41) is 5.74. The Morgan fingerprint density at radius 2 is 1.74 bits per heavy atom. The number of ether oxygens (including phenoxy) is 1. The molecule has 7 nitrogen and oxygen atoms in total. The van der Waals surface area contributed by atoms with E-state index in [0.717, 1.165) is 0 Å². The monoisotopic (exact) mass is 391 g/mol. The van der Waals surface area contributed by atoms with Gasteiger partial charge in [-0.25, -0.2) is 8.42 Å². The molecular formula is C19H25N3O4S. The number of amides is 1. The molecule has 2 rings (SSSR count). The Morgan fingerprint density at radius 3 is 2.33 bits per heavy atom. The van der Waals surface area contributed by atoms with Crippen molar-refractivity contribution in [2.75, 3.05) is 31.3 Å². The van der Waals surface area contributed by atoms with Crippen LogP contribution in [0.25, 0.3) is 0 Å². The lowest BCUT2D eigenvalue weighted by Crippen LogP contribution is -2.33. The second kappa shape index (κ2) is 8.88. The molecular weight excluding hydrogens is 366 g/mol. The van der Waals surface area contributed by atoms with Crippen molar-refractivity contribution in [1.82, 2.24) is 4.31 Å². The van der Waals surface area contributed by atoms with Crippen LogP contribution in [0.4, 0.5) is 11.4 Å². The van der Waals surface area contributed by atoms with Crippen molar-refractivity contribution < 1.29 is 17.9 Å². The number of benzene rings is 2. The first-order chi connectivity index (χ1) is 12.8. The first kappa shape index (κ1) is 20.7. The lowest BCUT2D eigenvalue weighted by Gasteiger charge is -2.21. The molecule has 2 N–H and O–H groups in total. The van der Waals surface area contributed by atoms with Gasteiger partial charge in [-0.05, 0) is 50.2 Å². The molecule has 2 aromatic carbocycles. The lowest BCUT2D eigenvalue weighted by molar-refractivity contribution is -0.114. The van der Waals surface area contributed by atoms with Crippen LogP contribution in [0.3, 0.4) is 0 Å². The number of methoxy groups -OCH3 is 1. The molecule has 0 aliphatic heterocycles. The molecule has 0 fully saturated rings. The van der Waals surface area contributed by atoms with Crippen LogP contribution in [-0.2, 0) is 14.8 Å². The molecule has 0 spiro atoms. The van der Waals surface area contributed by atoms with Gasteiger partial charge in [0.25, 0.3) is 0 Å². The number of carbonyl (C=O) groups excluding carboxylic acids is 1. The number of nitrogens with one attached hydrogen (secondary N) is 2. The number of anilines is 2. The minimum absolute atomic E-state index is 0.0521. The van der Waals surface area contributed by atoms with Crippen LogP contribution >= 0.6 is 0 Å². The van der Waals surface area contributed by atoms with Crippen molar-refractivity contribution in [2.45, 2.75) is 24.8 Å². The molecule has 0 unspecified atom stereocenters. The van der Waals surface area contributed by atoms with Crippen molar-refractivity contribution in [1.29, 1.82) is 0 Å². The molecule has 0 aliphatic rings. The summed E-state index contributed by atoms with van der Waals surface area (Å²) >= 11 is 0. The highest BCUT2D eigenvalue weighted by Crippen LogP contribution is 2.23. The highest BCUT2D eigenvalue weighted by atomic mass is 32.2. The summed E-state index contributed by atoms with van der Waals surface area (Å²) in [6.07, 6.45) is 0. The van der Waals surface area contributed by atoms with Crippen molar-refractivity contribution in [3.8, 4) is 5.75 Å². The zero-order valence-corrected chi connectivity index (χ0v) is 16.7. The Balaban J connectivity index is 1.99. The number of rotatable bonds is 8. The topological polar surface area (TPSA) is 87.7 Å². The van der Waals surface area contributed by atoms with E-state index in [1.54, 1.807) is 46.2 Å². The predicted octanol–water partition coefficient (Wildman–Crippen LogP) is 2.77. The number of para-hydroxylation sites is 2. The van der Waals surface area contributed by atoms with E-state index in [4.69, 9.17) is 4.74 Å². The maximum absolute atomic E-state index is 12.4. The number of hydrogen-bond acceptors (Lipinski definition) is 5. The third kappa shape index (κ3) is 5.21. The third-order valence-electron chi connectivity index (χ3n) is 4.09. The molecule has 27 heavy (non-hydrogen) atoms. The van der Waals surface area contributed by atoms with Crippen LogP contribution in [0, 0.1) is 0 Å². The van der Waals surface area contributed by atoms with Crippen molar-refractivity contribution in [2.24, 2.45) is 0 Å².